The van der Waals surface area contributed by atoms with Crippen molar-refractivity contribution in [3.8, 4) is 0 Å². The van der Waals surface area contributed by atoms with Crippen LogP contribution in [-0.2, 0) is 21.1 Å². The zero-order valence-electron chi connectivity index (χ0n) is 17.6. The summed E-state index contributed by atoms with van der Waals surface area (Å²) in [7, 11) is -3.76. The Morgan fingerprint density at radius 1 is 1.03 bits per heavy atom. The van der Waals surface area contributed by atoms with Crippen LogP contribution in [0.15, 0.2) is 53.4 Å². The van der Waals surface area contributed by atoms with Gasteiger partial charge in [-0.1, -0.05) is 49.2 Å². The Kier molecular flexibility index (Phi) is 6.47. The van der Waals surface area contributed by atoms with Crippen molar-refractivity contribution in [2.75, 3.05) is 0 Å². The Bertz CT molecular complexity index is 961. The summed E-state index contributed by atoms with van der Waals surface area (Å²) in [6, 6.07) is 15.2. The molecule has 1 atom stereocenters. The van der Waals surface area contributed by atoms with E-state index in [2.05, 4.69) is 17.4 Å². The molecule has 1 N–H and O–H groups in total. The molecule has 156 valence electrons. The third-order valence-electron chi connectivity index (χ3n) is 6.21. The number of carbonyl (C=O) groups is 1. The molecule has 4 nitrogen and oxygen atoms in total. The van der Waals surface area contributed by atoms with Gasteiger partial charge in [0.1, 0.15) is 0 Å². The molecule has 0 saturated heterocycles. The highest BCUT2D eigenvalue weighted by molar-refractivity contribution is 7.93. The SMILES string of the molecule is Cc1ccc(S(=O)(=O)C2(C(=O)NC(C)CCc3ccccc3)CCCC2)cc1C. The molecule has 1 amide bonds. The fourth-order valence-corrected chi connectivity index (χ4v) is 6.29. The predicted molar refractivity (Wildman–Crippen MR) is 117 cm³/mol. The summed E-state index contributed by atoms with van der Waals surface area (Å²) in [6.07, 6.45) is 3.92. The van der Waals surface area contributed by atoms with Gasteiger partial charge in [-0.25, -0.2) is 8.42 Å². The van der Waals surface area contributed by atoms with E-state index in [0.29, 0.717) is 12.8 Å². The minimum absolute atomic E-state index is 0.0878. The van der Waals surface area contributed by atoms with Crippen LogP contribution in [-0.4, -0.2) is 25.1 Å². The van der Waals surface area contributed by atoms with Crippen molar-refractivity contribution < 1.29 is 13.2 Å². The van der Waals surface area contributed by atoms with Gasteiger partial charge >= 0.3 is 0 Å². The first kappa shape index (κ1) is 21.6. The van der Waals surface area contributed by atoms with E-state index < -0.39 is 14.6 Å². The Morgan fingerprint density at radius 3 is 2.31 bits per heavy atom. The second-order valence-corrected chi connectivity index (χ2v) is 10.6. The van der Waals surface area contributed by atoms with Gasteiger partial charge in [-0.05, 0) is 75.3 Å². The first-order valence-electron chi connectivity index (χ1n) is 10.4. The molecule has 0 radical (unpaired) electrons. The van der Waals surface area contributed by atoms with E-state index in [1.165, 1.54) is 5.56 Å². The van der Waals surface area contributed by atoms with E-state index in [-0.39, 0.29) is 16.8 Å². The highest BCUT2D eigenvalue weighted by Crippen LogP contribution is 2.41. The molecule has 3 rings (SSSR count). The van der Waals surface area contributed by atoms with Gasteiger partial charge in [0.25, 0.3) is 0 Å². The standard InChI is InChI=1S/C24H31NO3S/c1-18-11-14-22(17-19(18)2)29(27,28)24(15-7-8-16-24)23(26)25-20(3)12-13-21-9-5-4-6-10-21/h4-6,9-11,14,17,20H,7-8,12-13,15-16H2,1-3H3,(H,25,26). The smallest absolute Gasteiger partial charge is 0.242 e. The van der Waals surface area contributed by atoms with Crippen LogP contribution < -0.4 is 5.32 Å². The predicted octanol–water partition coefficient (Wildman–Crippen LogP) is 4.53. The van der Waals surface area contributed by atoms with Crippen LogP contribution in [0.25, 0.3) is 0 Å². The van der Waals surface area contributed by atoms with Crippen molar-refractivity contribution in [1.29, 1.82) is 0 Å². The molecule has 2 aromatic rings. The summed E-state index contributed by atoms with van der Waals surface area (Å²) < 4.78 is 25.8. The molecule has 1 aliphatic carbocycles. The minimum atomic E-state index is -3.76. The lowest BCUT2D eigenvalue weighted by Crippen LogP contribution is -2.52. The summed E-state index contributed by atoms with van der Waals surface area (Å²) in [5, 5.41) is 3.02. The maximum atomic E-state index is 13.6. The number of sulfone groups is 1. The van der Waals surface area contributed by atoms with Crippen molar-refractivity contribution in [3.63, 3.8) is 0 Å². The highest BCUT2D eigenvalue weighted by Gasteiger charge is 2.53. The monoisotopic (exact) mass is 413 g/mol. The van der Waals surface area contributed by atoms with Crippen LogP contribution in [0, 0.1) is 13.8 Å². The lowest BCUT2D eigenvalue weighted by atomic mass is 10.0. The first-order valence-corrected chi connectivity index (χ1v) is 11.9. The normalized spacial score (nSPS) is 17.1. The number of hydrogen-bond acceptors (Lipinski definition) is 3. The molecule has 0 aromatic heterocycles. The Labute approximate surface area is 174 Å². The van der Waals surface area contributed by atoms with Crippen molar-refractivity contribution in [3.05, 3.63) is 65.2 Å². The number of hydrogen-bond donors (Lipinski definition) is 1. The molecule has 1 fully saturated rings. The zero-order chi connectivity index (χ0) is 21.1. The van der Waals surface area contributed by atoms with Gasteiger partial charge in [0, 0.05) is 6.04 Å². The molecule has 5 heteroatoms. The summed E-state index contributed by atoms with van der Waals surface area (Å²) in [6.45, 7) is 5.81. The van der Waals surface area contributed by atoms with Gasteiger partial charge < -0.3 is 5.32 Å². The van der Waals surface area contributed by atoms with Crippen molar-refractivity contribution in [1.82, 2.24) is 5.32 Å². The van der Waals surface area contributed by atoms with Crippen molar-refractivity contribution in [2.45, 2.75) is 75.0 Å². The third-order valence-corrected chi connectivity index (χ3v) is 8.71. The van der Waals surface area contributed by atoms with Crippen LogP contribution in [0.2, 0.25) is 0 Å². The molecule has 1 saturated carbocycles. The Balaban J connectivity index is 1.78. The maximum Gasteiger partial charge on any atom is 0.242 e. The second kappa shape index (κ2) is 8.70. The topological polar surface area (TPSA) is 63.2 Å². The number of aryl methyl sites for hydroxylation is 3. The fraction of sp³-hybridized carbons (Fsp3) is 0.458. The van der Waals surface area contributed by atoms with E-state index >= 15 is 0 Å². The summed E-state index contributed by atoms with van der Waals surface area (Å²) in [4.78, 5) is 13.5. The molecule has 0 aliphatic heterocycles. The van der Waals surface area contributed by atoms with Gasteiger partial charge in [-0.3, -0.25) is 4.79 Å². The maximum absolute atomic E-state index is 13.6. The van der Waals surface area contributed by atoms with E-state index in [1.54, 1.807) is 12.1 Å². The van der Waals surface area contributed by atoms with E-state index in [9.17, 15) is 13.2 Å². The highest BCUT2D eigenvalue weighted by atomic mass is 32.2. The van der Waals surface area contributed by atoms with Gasteiger partial charge in [0.15, 0.2) is 14.6 Å². The van der Waals surface area contributed by atoms with Crippen LogP contribution in [0.5, 0.6) is 0 Å². The number of benzene rings is 2. The molecule has 2 aromatic carbocycles. The van der Waals surface area contributed by atoms with Crippen LogP contribution in [0.3, 0.4) is 0 Å². The Hall–Kier alpha value is -2.14. The summed E-state index contributed by atoms with van der Waals surface area (Å²) in [5.74, 6) is -0.339. The van der Waals surface area contributed by atoms with Crippen LogP contribution >= 0.6 is 0 Å². The van der Waals surface area contributed by atoms with Gasteiger partial charge in [-0.2, -0.15) is 0 Å². The molecular formula is C24H31NO3S. The number of carbonyl (C=O) groups excluding carboxylic acids is 1. The molecular weight excluding hydrogens is 382 g/mol. The van der Waals surface area contributed by atoms with E-state index in [0.717, 1.165) is 36.8 Å². The number of amides is 1. The molecule has 0 spiro atoms. The van der Waals surface area contributed by atoms with Gasteiger partial charge in [-0.15, -0.1) is 0 Å². The largest absolute Gasteiger partial charge is 0.352 e. The van der Waals surface area contributed by atoms with Gasteiger partial charge in [0.2, 0.25) is 5.91 Å². The zero-order valence-corrected chi connectivity index (χ0v) is 18.4. The van der Waals surface area contributed by atoms with Gasteiger partial charge in [0.05, 0.1) is 4.90 Å². The first-order chi connectivity index (χ1) is 13.8. The minimum Gasteiger partial charge on any atom is -0.352 e. The van der Waals surface area contributed by atoms with Crippen molar-refractivity contribution in [2.24, 2.45) is 0 Å². The fourth-order valence-electron chi connectivity index (χ4n) is 4.13. The van der Waals surface area contributed by atoms with Crippen LogP contribution in [0.4, 0.5) is 0 Å². The summed E-state index contributed by atoms with van der Waals surface area (Å²) in [5.41, 5.74) is 3.19. The Morgan fingerprint density at radius 2 is 1.69 bits per heavy atom. The summed E-state index contributed by atoms with van der Waals surface area (Å²) >= 11 is 0. The van der Waals surface area contributed by atoms with Crippen LogP contribution in [0.1, 0.15) is 55.7 Å². The van der Waals surface area contributed by atoms with E-state index in [1.807, 2.05) is 45.0 Å². The average Bonchev–Trinajstić information content (AvgIpc) is 3.21. The molecule has 29 heavy (non-hydrogen) atoms. The second-order valence-electron chi connectivity index (χ2n) is 8.35. The molecule has 1 aliphatic rings. The third kappa shape index (κ3) is 4.40. The quantitative estimate of drug-likeness (QED) is 0.725. The van der Waals surface area contributed by atoms with E-state index in [4.69, 9.17) is 0 Å². The lowest BCUT2D eigenvalue weighted by Gasteiger charge is -2.29. The molecule has 1 unspecified atom stereocenters. The number of rotatable bonds is 7. The number of nitrogens with one attached hydrogen (secondary N) is 1. The molecule has 0 heterocycles. The molecule has 0 bridgehead atoms. The lowest BCUT2D eigenvalue weighted by molar-refractivity contribution is -0.124. The average molecular weight is 414 g/mol. The van der Waals surface area contributed by atoms with Crippen molar-refractivity contribution >= 4 is 15.7 Å².